The van der Waals surface area contributed by atoms with Crippen molar-refractivity contribution in [2.75, 3.05) is 5.32 Å². The zero-order valence-corrected chi connectivity index (χ0v) is 17.4. The van der Waals surface area contributed by atoms with E-state index >= 15 is 0 Å². The summed E-state index contributed by atoms with van der Waals surface area (Å²) in [4.78, 5) is 41.9. The molecule has 1 amide bonds. The van der Waals surface area contributed by atoms with Gasteiger partial charge in [-0.2, -0.15) is 0 Å². The number of benzene rings is 1. The van der Waals surface area contributed by atoms with E-state index in [2.05, 4.69) is 24.1 Å². The normalized spacial score (nSPS) is 11.2. The minimum atomic E-state index is -1.18. The summed E-state index contributed by atoms with van der Waals surface area (Å²) in [6.45, 7) is 5.91. The van der Waals surface area contributed by atoms with Crippen LogP contribution in [-0.4, -0.2) is 26.5 Å². The molecule has 0 fully saturated rings. The van der Waals surface area contributed by atoms with Gasteiger partial charge in [-0.1, -0.05) is 32.9 Å². The molecular weight excluding hydrogens is 390 g/mol. The minimum absolute atomic E-state index is 0.0523. The van der Waals surface area contributed by atoms with Crippen LogP contribution in [0.2, 0.25) is 0 Å². The number of anilines is 1. The standard InChI is InChI=1S/C21H23N3O4S/c1-4-5-16-23-19-18(15(11-29-19)21(27)28)20(26)24(16)10-17(25)22-14-8-6-13(7-9-14)12(2)3/h6-9,11-12H,4-5,10H2,1-3H3,(H,22,25)(H,27,28). The van der Waals surface area contributed by atoms with E-state index in [-0.39, 0.29) is 23.4 Å². The van der Waals surface area contributed by atoms with Crippen LogP contribution >= 0.6 is 11.3 Å². The number of carboxylic acids is 1. The molecule has 0 saturated carbocycles. The van der Waals surface area contributed by atoms with Crippen LogP contribution in [0, 0.1) is 0 Å². The van der Waals surface area contributed by atoms with Crippen molar-refractivity contribution in [3.63, 3.8) is 0 Å². The topological polar surface area (TPSA) is 101 Å². The van der Waals surface area contributed by atoms with Gasteiger partial charge in [0.2, 0.25) is 5.91 Å². The number of hydrogen-bond donors (Lipinski definition) is 2. The number of carboxylic acid groups (broad SMARTS) is 1. The van der Waals surface area contributed by atoms with Gasteiger partial charge in [-0.15, -0.1) is 11.3 Å². The van der Waals surface area contributed by atoms with Crippen molar-refractivity contribution < 1.29 is 14.7 Å². The Kier molecular flexibility index (Phi) is 6.12. The molecule has 2 heterocycles. The van der Waals surface area contributed by atoms with E-state index in [4.69, 9.17) is 0 Å². The van der Waals surface area contributed by atoms with E-state index in [1.54, 1.807) is 0 Å². The molecule has 3 aromatic rings. The summed E-state index contributed by atoms with van der Waals surface area (Å²) < 4.78 is 1.28. The van der Waals surface area contributed by atoms with Gasteiger partial charge in [-0.05, 0) is 30.0 Å². The molecule has 0 aliphatic heterocycles. The summed E-state index contributed by atoms with van der Waals surface area (Å²) in [5.74, 6) is -0.675. The number of rotatable bonds is 7. The van der Waals surface area contributed by atoms with Gasteiger partial charge in [0.1, 0.15) is 17.2 Å². The third-order valence-electron chi connectivity index (χ3n) is 4.64. The van der Waals surface area contributed by atoms with Crippen molar-refractivity contribution in [3.05, 3.63) is 57.0 Å². The average Bonchev–Trinajstić information content (AvgIpc) is 3.10. The number of fused-ring (bicyclic) bond motifs is 1. The maximum Gasteiger partial charge on any atom is 0.337 e. The van der Waals surface area contributed by atoms with Crippen molar-refractivity contribution in [3.8, 4) is 0 Å². The van der Waals surface area contributed by atoms with Crippen LogP contribution in [0.5, 0.6) is 0 Å². The van der Waals surface area contributed by atoms with E-state index in [0.29, 0.717) is 28.7 Å². The lowest BCUT2D eigenvalue weighted by atomic mass is 10.0. The molecule has 0 bridgehead atoms. The molecule has 2 N–H and O–H groups in total. The molecule has 0 atom stereocenters. The van der Waals surface area contributed by atoms with Crippen molar-refractivity contribution in [2.24, 2.45) is 0 Å². The highest BCUT2D eigenvalue weighted by Gasteiger charge is 2.20. The van der Waals surface area contributed by atoms with Crippen LogP contribution in [-0.2, 0) is 17.8 Å². The molecule has 0 unspecified atom stereocenters. The first-order valence-corrected chi connectivity index (χ1v) is 10.3. The fourth-order valence-electron chi connectivity index (χ4n) is 3.10. The number of aryl methyl sites for hydroxylation is 1. The van der Waals surface area contributed by atoms with Gasteiger partial charge in [0.25, 0.3) is 5.56 Å². The summed E-state index contributed by atoms with van der Waals surface area (Å²) in [5, 5.41) is 13.6. The van der Waals surface area contributed by atoms with Crippen molar-refractivity contribution in [1.82, 2.24) is 9.55 Å². The predicted octanol–water partition coefficient (Wildman–Crippen LogP) is 3.87. The molecule has 29 heavy (non-hydrogen) atoms. The third kappa shape index (κ3) is 4.37. The Morgan fingerprint density at radius 3 is 2.52 bits per heavy atom. The highest BCUT2D eigenvalue weighted by Crippen LogP contribution is 2.22. The van der Waals surface area contributed by atoms with E-state index < -0.39 is 11.5 Å². The van der Waals surface area contributed by atoms with E-state index in [1.165, 1.54) is 9.95 Å². The second-order valence-corrected chi connectivity index (χ2v) is 7.99. The van der Waals surface area contributed by atoms with Gasteiger partial charge in [0.05, 0.1) is 10.9 Å². The Bertz CT molecular complexity index is 1110. The molecule has 0 aliphatic carbocycles. The molecule has 2 aromatic heterocycles. The van der Waals surface area contributed by atoms with Gasteiger partial charge in [0, 0.05) is 17.5 Å². The van der Waals surface area contributed by atoms with Gasteiger partial charge in [-0.25, -0.2) is 9.78 Å². The maximum atomic E-state index is 13.0. The van der Waals surface area contributed by atoms with Gasteiger partial charge >= 0.3 is 5.97 Å². The number of nitrogens with zero attached hydrogens (tertiary/aromatic N) is 2. The second kappa shape index (κ2) is 8.57. The zero-order valence-electron chi connectivity index (χ0n) is 16.6. The number of hydrogen-bond acceptors (Lipinski definition) is 5. The Hall–Kier alpha value is -3.00. The molecule has 1 aromatic carbocycles. The Morgan fingerprint density at radius 1 is 1.24 bits per heavy atom. The van der Waals surface area contributed by atoms with Crippen molar-refractivity contribution in [1.29, 1.82) is 0 Å². The number of nitrogens with one attached hydrogen (secondary N) is 1. The van der Waals surface area contributed by atoms with Crippen LogP contribution < -0.4 is 10.9 Å². The molecule has 152 valence electrons. The van der Waals surface area contributed by atoms with Gasteiger partial charge in [0.15, 0.2) is 0 Å². The van der Waals surface area contributed by atoms with Crippen LogP contribution in [0.4, 0.5) is 5.69 Å². The largest absolute Gasteiger partial charge is 0.478 e. The highest BCUT2D eigenvalue weighted by molar-refractivity contribution is 7.17. The molecule has 0 aliphatic rings. The predicted molar refractivity (Wildman–Crippen MR) is 114 cm³/mol. The monoisotopic (exact) mass is 413 g/mol. The average molecular weight is 413 g/mol. The molecule has 0 saturated heterocycles. The first-order chi connectivity index (χ1) is 13.8. The Morgan fingerprint density at radius 2 is 1.93 bits per heavy atom. The molecule has 7 nitrogen and oxygen atoms in total. The Balaban J connectivity index is 1.93. The van der Waals surface area contributed by atoms with Crippen molar-refractivity contribution >= 4 is 39.1 Å². The number of carbonyl (C=O) groups is 2. The fraction of sp³-hybridized carbons (Fsp3) is 0.333. The summed E-state index contributed by atoms with van der Waals surface area (Å²) >= 11 is 1.12. The third-order valence-corrected chi connectivity index (χ3v) is 5.51. The first kappa shape index (κ1) is 20.7. The lowest BCUT2D eigenvalue weighted by molar-refractivity contribution is -0.116. The lowest BCUT2D eigenvalue weighted by Gasteiger charge is -2.13. The molecule has 0 spiro atoms. The highest BCUT2D eigenvalue weighted by atomic mass is 32.1. The molecule has 3 rings (SSSR count). The molecule has 0 radical (unpaired) electrons. The molecule has 8 heteroatoms. The lowest BCUT2D eigenvalue weighted by Crippen LogP contribution is -2.31. The van der Waals surface area contributed by atoms with Crippen LogP contribution in [0.25, 0.3) is 10.2 Å². The number of carbonyl (C=O) groups excluding carboxylic acids is 1. The minimum Gasteiger partial charge on any atom is -0.478 e. The summed E-state index contributed by atoms with van der Waals surface area (Å²) in [6.07, 6.45) is 1.26. The van der Waals surface area contributed by atoms with Gasteiger partial charge in [-0.3, -0.25) is 14.2 Å². The first-order valence-electron chi connectivity index (χ1n) is 9.45. The van der Waals surface area contributed by atoms with Crippen LogP contribution in [0.15, 0.2) is 34.4 Å². The SMILES string of the molecule is CCCc1nc2scc(C(=O)O)c2c(=O)n1CC(=O)Nc1ccc(C(C)C)cc1. The number of aromatic carboxylic acids is 1. The second-order valence-electron chi connectivity index (χ2n) is 7.13. The summed E-state index contributed by atoms with van der Waals surface area (Å²) in [6, 6.07) is 7.55. The number of thiophene rings is 1. The number of aromatic nitrogens is 2. The van der Waals surface area contributed by atoms with Crippen LogP contribution in [0.3, 0.4) is 0 Å². The quantitative estimate of drug-likeness (QED) is 0.612. The molecular formula is C21H23N3O4S. The summed E-state index contributed by atoms with van der Waals surface area (Å²) in [7, 11) is 0. The summed E-state index contributed by atoms with van der Waals surface area (Å²) in [5.41, 5.74) is 1.23. The van der Waals surface area contributed by atoms with Crippen LogP contribution in [0.1, 0.15) is 54.9 Å². The Labute approximate surface area is 172 Å². The van der Waals surface area contributed by atoms with Gasteiger partial charge < -0.3 is 10.4 Å². The van der Waals surface area contributed by atoms with E-state index in [0.717, 1.165) is 23.3 Å². The maximum absolute atomic E-state index is 13.0. The van der Waals surface area contributed by atoms with E-state index in [1.807, 2.05) is 31.2 Å². The number of amides is 1. The zero-order chi connectivity index (χ0) is 21.1. The fourth-order valence-corrected chi connectivity index (χ4v) is 4.02. The van der Waals surface area contributed by atoms with E-state index in [9.17, 15) is 19.5 Å². The smallest absolute Gasteiger partial charge is 0.337 e. The van der Waals surface area contributed by atoms with Crippen molar-refractivity contribution in [2.45, 2.75) is 46.1 Å².